The van der Waals surface area contributed by atoms with Gasteiger partial charge in [0, 0.05) is 26.1 Å². The van der Waals surface area contributed by atoms with Crippen LogP contribution in [0.3, 0.4) is 0 Å². The average molecular weight is 738 g/mol. The molecule has 0 saturated carbocycles. The molecule has 1 unspecified atom stereocenters. The number of hydrogen-bond donors (Lipinski definition) is 3. The monoisotopic (exact) mass is 737 g/mol. The summed E-state index contributed by atoms with van der Waals surface area (Å²) in [5.41, 5.74) is 8.92. The van der Waals surface area contributed by atoms with Crippen LogP contribution in [0, 0.1) is 0 Å². The van der Waals surface area contributed by atoms with Crippen molar-refractivity contribution in [3.63, 3.8) is 0 Å². The van der Waals surface area contributed by atoms with Gasteiger partial charge in [0.15, 0.2) is 5.13 Å². The van der Waals surface area contributed by atoms with Crippen molar-refractivity contribution in [3.8, 4) is 5.75 Å². The third kappa shape index (κ3) is 9.16. The van der Waals surface area contributed by atoms with Gasteiger partial charge in [-0.25, -0.2) is 19.8 Å². The maximum absolute atomic E-state index is 14.3. The first-order valence-corrected chi connectivity index (χ1v) is 17.3. The quantitative estimate of drug-likeness (QED) is 0.0842. The summed E-state index contributed by atoms with van der Waals surface area (Å²) in [7, 11) is -5.02. The molecule has 0 aliphatic carbocycles. The summed E-state index contributed by atoms with van der Waals surface area (Å²) in [5, 5.41) is 6.46. The molecule has 2 fully saturated rings. The molecule has 0 radical (unpaired) electrons. The van der Waals surface area contributed by atoms with E-state index in [9.17, 15) is 23.8 Å². The molecule has 3 aromatic carbocycles. The van der Waals surface area contributed by atoms with E-state index in [-0.39, 0.29) is 117 Å². The largest absolute Gasteiger partial charge is 1.00 e. The molecule has 4 N–H and O–H groups in total. The summed E-state index contributed by atoms with van der Waals surface area (Å²) >= 11 is 1.34. The van der Waals surface area contributed by atoms with Crippen LogP contribution >= 0.6 is 19.2 Å². The van der Waals surface area contributed by atoms with Crippen LogP contribution in [-0.2, 0) is 33.7 Å². The number of amides is 4. The van der Waals surface area contributed by atoms with E-state index in [1.165, 1.54) is 33.4 Å². The number of urea groups is 1. The topological polar surface area (TPSA) is 185 Å². The molecule has 252 valence electrons. The second kappa shape index (κ2) is 17.2. The molecule has 2 aliphatic heterocycles. The minimum absolute atomic E-state index is 0. The van der Waals surface area contributed by atoms with E-state index in [0.29, 0.717) is 16.2 Å². The first-order valence-electron chi connectivity index (χ1n) is 15.0. The summed E-state index contributed by atoms with van der Waals surface area (Å²) in [4.78, 5) is 70.0. The molecular weight excluding hydrogens is 703 g/mol. The zero-order valence-corrected chi connectivity index (χ0v) is 33.4. The second-order valence-corrected chi connectivity index (χ2v) is 13.5. The summed E-state index contributed by atoms with van der Waals surface area (Å²) in [6.07, 6.45) is 0.793. The van der Waals surface area contributed by atoms with Crippen LogP contribution in [0.2, 0.25) is 0 Å². The summed E-state index contributed by atoms with van der Waals surface area (Å²) < 4.78 is 16.6. The fourth-order valence-electron chi connectivity index (χ4n) is 6.10. The number of phosphoric ester groups is 1. The molecule has 6 rings (SSSR count). The molecule has 1 aromatic heterocycles. The van der Waals surface area contributed by atoms with Gasteiger partial charge in [0.1, 0.15) is 18.0 Å². The fourth-order valence-corrected chi connectivity index (χ4v) is 7.27. The van der Waals surface area contributed by atoms with Crippen molar-refractivity contribution in [1.29, 1.82) is 0 Å². The number of aromatic nitrogens is 1. The average Bonchev–Trinajstić information content (AvgIpc) is 3.44. The summed E-state index contributed by atoms with van der Waals surface area (Å²) in [6, 6.07) is 19.4. The van der Waals surface area contributed by atoms with Crippen molar-refractivity contribution >= 4 is 52.4 Å². The molecule has 2 saturated heterocycles. The van der Waals surface area contributed by atoms with E-state index in [4.69, 9.17) is 10.6 Å². The SMILES string of the molecule is C=CCN1CC(=O)N2[C@@H](Cc3ccc(OP(=O)([O-])O)cc3)C(=O)N(Cc3cccc4sc(N)nc34)C[C@@H]2N1C(=O)NCc1ccccc1.[H-].[Na+].[Na+]. The van der Waals surface area contributed by atoms with Crippen molar-refractivity contribution in [2.45, 2.75) is 31.7 Å². The normalized spacial score (nSPS) is 18.8. The van der Waals surface area contributed by atoms with E-state index in [1.807, 2.05) is 48.5 Å². The van der Waals surface area contributed by atoms with Crippen molar-refractivity contribution < 1.29 is 93.8 Å². The van der Waals surface area contributed by atoms with Crippen LogP contribution in [0.5, 0.6) is 5.75 Å². The van der Waals surface area contributed by atoms with Crippen LogP contribution in [0.15, 0.2) is 85.5 Å². The number of hydrazine groups is 1. The van der Waals surface area contributed by atoms with Crippen molar-refractivity contribution in [2.24, 2.45) is 0 Å². The molecule has 3 heterocycles. The number of hydrogen-bond acceptors (Lipinski definition) is 10. The van der Waals surface area contributed by atoms with Gasteiger partial charge in [-0.2, -0.15) is 0 Å². The number of thiazole rings is 1. The smallest absolute Gasteiger partial charge is 1.00 e. The molecule has 14 nitrogen and oxygen atoms in total. The van der Waals surface area contributed by atoms with Gasteiger partial charge in [-0.1, -0.05) is 72.0 Å². The van der Waals surface area contributed by atoms with Crippen LogP contribution in [0.25, 0.3) is 10.2 Å². The Morgan fingerprint density at radius 1 is 1.12 bits per heavy atom. The minimum atomic E-state index is -5.02. The van der Waals surface area contributed by atoms with Gasteiger partial charge in [0.2, 0.25) is 11.8 Å². The third-order valence-corrected chi connectivity index (χ3v) is 9.41. The Balaban J connectivity index is 0.00000234. The standard InChI is InChI=1S/C32H34N7O7PS.2Na.H/c1-2-15-37-20-28(40)38-25(16-21-11-13-24(14-12-21)46-47(43,44)45)30(41)36(18-23-9-6-10-26-29(23)35-31(33)48-26)19-27(38)39(37)32(42)34-17-22-7-4-3-5-8-22;;;/h2-14,25,27H,1,15-20H2,(H2,33,35)(H,34,42)(H2,43,44,45);;;/q;2*+1;-1/p-1/t25-,27-;;;/m0.../s1. The van der Waals surface area contributed by atoms with Crippen molar-refractivity contribution in [3.05, 3.63) is 102 Å². The van der Waals surface area contributed by atoms with Crippen molar-refractivity contribution in [1.82, 2.24) is 30.1 Å². The Morgan fingerprint density at radius 2 is 1.84 bits per heavy atom. The van der Waals surface area contributed by atoms with E-state index in [1.54, 1.807) is 28.1 Å². The van der Waals surface area contributed by atoms with Gasteiger partial charge < -0.3 is 36.6 Å². The summed E-state index contributed by atoms with van der Waals surface area (Å²) in [5.74, 6) is -0.782. The molecule has 3 atom stereocenters. The molecular formula is C32H34N7Na2O7PS. The first kappa shape index (κ1) is 40.0. The Bertz CT molecular complexity index is 1900. The second-order valence-electron chi connectivity index (χ2n) is 11.4. The number of nitrogen functional groups attached to an aromatic ring is 1. The first-order chi connectivity index (χ1) is 23.0. The predicted molar refractivity (Wildman–Crippen MR) is 178 cm³/mol. The number of nitrogens with two attached hydrogens (primary N) is 1. The molecule has 18 heteroatoms. The van der Waals surface area contributed by atoms with Crippen LogP contribution in [0.4, 0.5) is 9.93 Å². The molecule has 0 bridgehead atoms. The van der Waals surface area contributed by atoms with Gasteiger partial charge in [-0.15, -0.1) is 6.58 Å². The molecule has 4 amide bonds. The van der Waals surface area contributed by atoms with Gasteiger partial charge in [0.05, 0.1) is 23.3 Å². The number of rotatable bonds is 10. The predicted octanol–water partition coefficient (Wildman–Crippen LogP) is -3.42. The number of anilines is 1. The Hall–Kier alpha value is -2.79. The number of carbonyl (C=O) groups excluding carboxylic acids is 3. The maximum Gasteiger partial charge on any atom is 1.00 e. The van der Waals surface area contributed by atoms with Gasteiger partial charge in [-0.05, 0) is 34.9 Å². The third-order valence-electron chi connectivity index (χ3n) is 8.12. The zero-order valence-electron chi connectivity index (χ0n) is 28.7. The number of phosphoric acid groups is 1. The van der Waals surface area contributed by atoms with Gasteiger partial charge >= 0.3 is 73.0 Å². The molecule has 2 aliphatic rings. The van der Waals surface area contributed by atoms with Crippen LogP contribution in [-0.4, -0.2) is 79.4 Å². The Morgan fingerprint density at radius 3 is 2.52 bits per heavy atom. The molecule has 0 spiro atoms. The summed E-state index contributed by atoms with van der Waals surface area (Å²) in [6.45, 7) is 4.28. The number of nitrogens with one attached hydrogen (secondary N) is 1. The number of nitrogens with zero attached hydrogens (tertiary/aromatic N) is 5. The van der Waals surface area contributed by atoms with Crippen LogP contribution in [0.1, 0.15) is 18.1 Å². The minimum Gasteiger partial charge on any atom is -1.00 e. The van der Waals surface area contributed by atoms with E-state index in [2.05, 4.69) is 21.4 Å². The van der Waals surface area contributed by atoms with E-state index >= 15 is 0 Å². The number of para-hydroxylation sites is 1. The molecule has 4 aromatic rings. The fraction of sp³-hybridized carbons (Fsp3) is 0.250. The maximum atomic E-state index is 14.3. The van der Waals surface area contributed by atoms with E-state index < -0.39 is 26.1 Å². The van der Waals surface area contributed by atoms with Gasteiger partial charge in [0.25, 0.3) is 0 Å². The number of carbonyl (C=O) groups is 3. The Labute approximate surface area is 338 Å². The zero-order chi connectivity index (χ0) is 34.0. The van der Waals surface area contributed by atoms with Crippen molar-refractivity contribution in [2.75, 3.05) is 25.4 Å². The van der Waals surface area contributed by atoms with Crippen LogP contribution < -0.4 is 79.6 Å². The van der Waals surface area contributed by atoms with E-state index in [0.717, 1.165) is 15.8 Å². The number of benzene rings is 3. The number of piperazine rings is 1. The Kier molecular flexibility index (Phi) is 13.7. The molecule has 50 heavy (non-hydrogen) atoms. The number of fused-ring (bicyclic) bond motifs is 2. The van der Waals surface area contributed by atoms with Gasteiger partial charge in [-0.3, -0.25) is 14.2 Å².